The Labute approximate surface area is 115 Å². The van der Waals surface area contributed by atoms with Gasteiger partial charge in [0, 0.05) is 23.3 Å². The summed E-state index contributed by atoms with van der Waals surface area (Å²) in [5.41, 5.74) is 1.41. The molecule has 1 N–H and O–H groups in total. The van der Waals surface area contributed by atoms with Crippen LogP contribution in [0.5, 0.6) is 0 Å². The van der Waals surface area contributed by atoms with Crippen LogP contribution in [0.1, 0.15) is 51.2 Å². The summed E-state index contributed by atoms with van der Waals surface area (Å²) >= 11 is 1.82. The molecule has 1 saturated carbocycles. The predicted octanol–water partition coefficient (Wildman–Crippen LogP) is 3.62. The molecule has 1 aliphatic rings. The lowest BCUT2D eigenvalue weighted by molar-refractivity contribution is 0.357. The van der Waals surface area contributed by atoms with Crippen LogP contribution in [0, 0.1) is 11.8 Å². The van der Waals surface area contributed by atoms with Crippen molar-refractivity contribution in [2.45, 2.75) is 58.4 Å². The Kier molecular flexibility index (Phi) is 4.12. The predicted molar refractivity (Wildman–Crippen MR) is 79.3 cm³/mol. The van der Waals surface area contributed by atoms with Crippen LogP contribution in [0.2, 0.25) is 0 Å². The fourth-order valence-corrected chi connectivity index (χ4v) is 3.52. The molecular weight excluding hydrogens is 240 g/mol. The van der Waals surface area contributed by atoms with Gasteiger partial charge in [-0.05, 0) is 31.7 Å². The number of nitrogens with one attached hydrogen (secondary N) is 1. The van der Waals surface area contributed by atoms with Gasteiger partial charge in [0.05, 0.1) is 10.7 Å². The van der Waals surface area contributed by atoms with Crippen LogP contribution in [-0.2, 0) is 11.8 Å². The van der Waals surface area contributed by atoms with Crippen LogP contribution in [0.25, 0.3) is 0 Å². The first-order chi connectivity index (χ1) is 8.41. The molecule has 0 saturated heterocycles. The van der Waals surface area contributed by atoms with Gasteiger partial charge in [-0.1, -0.05) is 27.7 Å². The molecule has 2 nitrogen and oxygen atoms in total. The number of thiazole rings is 1. The zero-order valence-electron chi connectivity index (χ0n) is 12.3. The molecule has 0 radical (unpaired) electrons. The van der Waals surface area contributed by atoms with Crippen LogP contribution in [0.15, 0.2) is 5.38 Å². The van der Waals surface area contributed by atoms with E-state index in [1.54, 1.807) is 0 Å². The van der Waals surface area contributed by atoms with Gasteiger partial charge in [0.2, 0.25) is 0 Å². The van der Waals surface area contributed by atoms with Crippen LogP contribution >= 0.6 is 11.3 Å². The summed E-state index contributed by atoms with van der Waals surface area (Å²) in [5, 5.41) is 7.00. The van der Waals surface area contributed by atoms with Gasteiger partial charge < -0.3 is 5.32 Å². The monoisotopic (exact) mass is 266 g/mol. The second-order valence-electron chi connectivity index (χ2n) is 6.67. The molecule has 1 aliphatic carbocycles. The van der Waals surface area contributed by atoms with Gasteiger partial charge in [-0.2, -0.15) is 0 Å². The third-order valence-electron chi connectivity index (χ3n) is 4.09. The molecule has 1 heterocycles. The summed E-state index contributed by atoms with van der Waals surface area (Å²) in [5.74, 6) is 1.72. The maximum atomic E-state index is 4.81. The van der Waals surface area contributed by atoms with Gasteiger partial charge in [0.1, 0.15) is 0 Å². The van der Waals surface area contributed by atoms with Crippen LogP contribution in [0.4, 0.5) is 0 Å². The fraction of sp³-hybridized carbons (Fsp3) is 0.800. The highest BCUT2D eigenvalue weighted by molar-refractivity contribution is 7.09. The van der Waals surface area contributed by atoms with Crippen molar-refractivity contribution >= 4 is 11.3 Å². The minimum Gasteiger partial charge on any atom is -0.316 e. The Balaban J connectivity index is 2.00. The third kappa shape index (κ3) is 3.33. The van der Waals surface area contributed by atoms with E-state index in [0.717, 1.165) is 18.3 Å². The SMILES string of the molecule is CNC(Cc1nc(C(C)(C)C)cs1)C(C)C1CC1. The van der Waals surface area contributed by atoms with Gasteiger partial charge in [-0.3, -0.25) is 0 Å². The van der Waals surface area contributed by atoms with E-state index >= 15 is 0 Å². The molecule has 0 spiro atoms. The molecule has 1 aromatic rings. The molecule has 18 heavy (non-hydrogen) atoms. The first-order valence-electron chi connectivity index (χ1n) is 7.04. The summed E-state index contributed by atoms with van der Waals surface area (Å²) < 4.78 is 0. The second kappa shape index (κ2) is 5.30. The molecule has 2 rings (SSSR count). The number of aromatic nitrogens is 1. The first kappa shape index (κ1) is 14.0. The van der Waals surface area contributed by atoms with Gasteiger partial charge in [-0.15, -0.1) is 11.3 Å². The van der Waals surface area contributed by atoms with Crippen molar-refractivity contribution in [1.29, 1.82) is 0 Å². The lowest BCUT2D eigenvalue weighted by Gasteiger charge is -2.22. The molecule has 3 heteroatoms. The number of likely N-dealkylation sites (N-methyl/N-ethyl adjacent to an activating group) is 1. The Morgan fingerprint density at radius 1 is 1.44 bits per heavy atom. The largest absolute Gasteiger partial charge is 0.316 e. The van der Waals surface area contributed by atoms with E-state index in [9.17, 15) is 0 Å². The summed E-state index contributed by atoms with van der Waals surface area (Å²) in [6.07, 6.45) is 3.92. The zero-order valence-corrected chi connectivity index (χ0v) is 13.1. The van der Waals surface area contributed by atoms with Crippen LogP contribution in [0.3, 0.4) is 0 Å². The standard InChI is InChI=1S/C15H26N2S/c1-10(11-6-7-11)12(16-5)8-14-17-13(9-18-14)15(2,3)4/h9-12,16H,6-8H2,1-5H3. The second-order valence-corrected chi connectivity index (χ2v) is 7.61. The topological polar surface area (TPSA) is 24.9 Å². The molecule has 2 atom stereocenters. The van der Waals surface area contributed by atoms with Crippen molar-refractivity contribution in [3.63, 3.8) is 0 Å². The highest BCUT2D eigenvalue weighted by atomic mass is 32.1. The summed E-state index contributed by atoms with van der Waals surface area (Å²) in [7, 11) is 2.09. The maximum absolute atomic E-state index is 4.81. The number of hydrogen-bond donors (Lipinski definition) is 1. The van der Waals surface area contributed by atoms with Crippen molar-refractivity contribution in [3.05, 3.63) is 16.1 Å². The van der Waals surface area contributed by atoms with Crippen molar-refractivity contribution in [3.8, 4) is 0 Å². The quantitative estimate of drug-likeness (QED) is 0.880. The fourth-order valence-electron chi connectivity index (χ4n) is 2.44. The highest BCUT2D eigenvalue weighted by Gasteiger charge is 2.33. The normalized spacial score (nSPS) is 19.8. The molecule has 0 amide bonds. The van der Waals surface area contributed by atoms with E-state index in [2.05, 4.69) is 45.4 Å². The van der Waals surface area contributed by atoms with Crippen LogP contribution in [-0.4, -0.2) is 18.1 Å². The van der Waals surface area contributed by atoms with Crippen molar-refractivity contribution in [2.24, 2.45) is 11.8 Å². The van der Waals surface area contributed by atoms with E-state index in [-0.39, 0.29) is 5.41 Å². The molecule has 0 aliphatic heterocycles. The maximum Gasteiger partial charge on any atom is 0.0944 e. The van der Waals surface area contributed by atoms with E-state index in [1.807, 2.05) is 11.3 Å². The molecule has 2 unspecified atom stereocenters. The number of nitrogens with zero attached hydrogens (tertiary/aromatic N) is 1. The van der Waals surface area contributed by atoms with E-state index in [0.29, 0.717) is 6.04 Å². The number of rotatable bonds is 5. The smallest absolute Gasteiger partial charge is 0.0944 e. The third-order valence-corrected chi connectivity index (χ3v) is 4.96. The molecule has 0 bridgehead atoms. The van der Waals surface area contributed by atoms with Crippen molar-refractivity contribution < 1.29 is 0 Å². The summed E-state index contributed by atoms with van der Waals surface area (Å²) in [6, 6.07) is 0.580. The molecular formula is C15H26N2S. The average Bonchev–Trinajstić information content (AvgIpc) is 3.03. The zero-order chi connectivity index (χ0) is 13.3. The minimum atomic E-state index is 0.173. The summed E-state index contributed by atoms with van der Waals surface area (Å²) in [4.78, 5) is 4.81. The lowest BCUT2D eigenvalue weighted by Crippen LogP contribution is -2.35. The minimum absolute atomic E-state index is 0.173. The summed E-state index contributed by atoms with van der Waals surface area (Å²) in [6.45, 7) is 9.08. The van der Waals surface area contributed by atoms with Crippen molar-refractivity contribution in [1.82, 2.24) is 10.3 Å². The molecule has 0 aromatic carbocycles. The van der Waals surface area contributed by atoms with Gasteiger partial charge in [0.15, 0.2) is 0 Å². The number of hydrogen-bond acceptors (Lipinski definition) is 3. The van der Waals surface area contributed by atoms with Crippen LogP contribution < -0.4 is 5.32 Å². The molecule has 102 valence electrons. The van der Waals surface area contributed by atoms with Gasteiger partial charge in [0.25, 0.3) is 0 Å². The van der Waals surface area contributed by atoms with Crippen molar-refractivity contribution in [2.75, 3.05) is 7.05 Å². The Morgan fingerprint density at radius 2 is 2.11 bits per heavy atom. The van der Waals surface area contributed by atoms with E-state index in [1.165, 1.54) is 23.5 Å². The van der Waals surface area contributed by atoms with E-state index < -0.39 is 0 Å². The Bertz CT molecular complexity index is 387. The first-order valence-corrected chi connectivity index (χ1v) is 7.92. The van der Waals surface area contributed by atoms with E-state index in [4.69, 9.17) is 4.98 Å². The van der Waals surface area contributed by atoms with Gasteiger partial charge >= 0.3 is 0 Å². The van der Waals surface area contributed by atoms with Gasteiger partial charge in [-0.25, -0.2) is 4.98 Å². The Morgan fingerprint density at radius 3 is 2.56 bits per heavy atom. The average molecular weight is 266 g/mol. The molecule has 1 aromatic heterocycles. The Hall–Kier alpha value is -0.410. The molecule has 1 fully saturated rings. The highest BCUT2D eigenvalue weighted by Crippen LogP contribution is 2.39. The lowest BCUT2D eigenvalue weighted by atomic mass is 9.93.